The topological polar surface area (TPSA) is 35.5 Å². The molecular formula is C27H22F6O3. The third kappa shape index (κ3) is 6.27. The predicted octanol–water partition coefficient (Wildman–Crippen LogP) is 7.47. The van der Waals surface area contributed by atoms with E-state index in [0.29, 0.717) is 11.1 Å². The van der Waals surface area contributed by atoms with Crippen LogP contribution < -0.4 is 4.74 Å². The molecular weight excluding hydrogens is 486 g/mol. The smallest absolute Gasteiger partial charge is 0.439 e. The molecule has 0 radical (unpaired) electrons. The van der Waals surface area contributed by atoms with E-state index in [1.54, 1.807) is 67.6 Å². The number of benzene rings is 3. The highest BCUT2D eigenvalue weighted by atomic mass is 19.4. The third-order valence-electron chi connectivity index (χ3n) is 5.38. The van der Waals surface area contributed by atoms with Crippen LogP contribution in [-0.2, 0) is 15.1 Å². The van der Waals surface area contributed by atoms with E-state index < -0.39 is 35.8 Å². The van der Waals surface area contributed by atoms with Crippen LogP contribution in [0.4, 0.5) is 26.3 Å². The van der Waals surface area contributed by atoms with E-state index >= 15 is 0 Å². The van der Waals surface area contributed by atoms with Crippen LogP contribution in [0.2, 0.25) is 0 Å². The summed E-state index contributed by atoms with van der Waals surface area (Å²) in [5.74, 6) is -1.37. The molecule has 2 atom stereocenters. The van der Waals surface area contributed by atoms with Gasteiger partial charge in [-0.25, -0.2) is 9.18 Å². The Kier molecular flexibility index (Phi) is 8.12. The summed E-state index contributed by atoms with van der Waals surface area (Å²) >= 11 is 0. The van der Waals surface area contributed by atoms with Crippen molar-refractivity contribution in [1.29, 1.82) is 0 Å². The molecule has 3 nitrogen and oxygen atoms in total. The molecule has 0 aliphatic rings. The van der Waals surface area contributed by atoms with Crippen molar-refractivity contribution in [1.82, 2.24) is 0 Å². The van der Waals surface area contributed by atoms with Crippen LogP contribution in [0, 0.1) is 0 Å². The van der Waals surface area contributed by atoms with Crippen LogP contribution in [0.15, 0.2) is 91.0 Å². The number of ether oxygens (including phenoxy) is 2. The third-order valence-corrected chi connectivity index (χ3v) is 5.38. The lowest BCUT2D eigenvalue weighted by Crippen LogP contribution is -2.45. The van der Waals surface area contributed by atoms with Crippen molar-refractivity contribution in [2.75, 3.05) is 0 Å². The largest absolute Gasteiger partial charge is 0.446 e. The Balaban J connectivity index is 1.91. The van der Waals surface area contributed by atoms with Crippen molar-refractivity contribution in [2.45, 2.75) is 37.4 Å². The Morgan fingerprint density at radius 2 is 1.36 bits per heavy atom. The molecule has 0 N–H and O–H groups in total. The molecule has 0 bridgehead atoms. The van der Waals surface area contributed by atoms with Crippen LogP contribution in [0.3, 0.4) is 0 Å². The molecule has 3 aromatic carbocycles. The summed E-state index contributed by atoms with van der Waals surface area (Å²) in [5.41, 5.74) is 0.341. The Hall–Kier alpha value is -3.75. The van der Waals surface area contributed by atoms with Crippen molar-refractivity contribution in [3.63, 3.8) is 0 Å². The van der Waals surface area contributed by atoms with E-state index in [4.69, 9.17) is 4.74 Å². The zero-order valence-corrected chi connectivity index (χ0v) is 19.0. The Morgan fingerprint density at radius 3 is 1.89 bits per heavy atom. The summed E-state index contributed by atoms with van der Waals surface area (Å²) < 4.78 is 87.6. The van der Waals surface area contributed by atoms with Crippen LogP contribution in [0.1, 0.15) is 30.0 Å². The summed E-state index contributed by atoms with van der Waals surface area (Å²) in [5, 5.41) is 0. The number of rotatable bonds is 9. The van der Waals surface area contributed by atoms with Crippen molar-refractivity contribution < 1.29 is 40.6 Å². The second-order valence-corrected chi connectivity index (χ2v) is 7.80. The van der Waals surface area contributed by atoms with Gasteiger partial charge in [0, 0.05) is 17.2 Å². The fourth-order valence-corrected chi connectivity index (χ4v) is 3.60. The summed E-state index contributed by atoms with van der Waals surface area (Å²) in [6.45, 7) is 1.75. The molecule has 0 heterocycles. The SMILES string of the molecule is CCC(OC(=O)/C=C/c1ccccc1)(c1ccccc1)c1ccc(OC(F)(F)C(F)C(F)(F)F)cc1. The van der Waals surface area contributed by atoms with Gasteiger partial charge in [-0.2, -0.15) is 22.0 Å². The zero-order valence-electron chi connectivity index (χ0n) is 19.0. The van der Waals surface area contributed by atoms with Gasteiger partial charge in [-0.05, 0) is 30.2 Å². The minimum absolute atomic E-state index is 0.235. The second-order valence-electron chi connectivity index (χ2n) is 7.80. The van der Waals surface area contributed by atoms with E-state index in [-0.39, 0.29) is 6.42 Å². The number of hydrogen-bond acceptors (Lipinski definition) is 3. The lowest BCUT2D eigenvalue weighted by atomic mass is 9.83. The van der Waals surface area contributed by atoms with Crippen LogP contribution in [0.5, 0.6) is 5.75 Å². The maximum Gasteiger partial charge on any atom is 0.439 e. The second kappa shape index (κ2) is 10.9. The van der Waals surface area contributed by atoms with Crippen LogP contribution >= 0.6 is 0 Å². The summed E-state index contributed by atoms with van der Waals surface area (Å²) in [4.78, 5) is 12.8. The highest BCUT2D eigenvalue weighted by Gasteiger charge is 2.59. The number of hydrogen-bond donors (Lipinski definition) is 0. The molecule has 0 aliphatic heterocycles. The van der Waals surface area contributed by atoms with Crippen molar-refractivity contribution in [3.05, 3.63) is 108 Å². The number of halogens is 6. The summed E-state index contributed by atoms with van der Waals surface area (Å²) in [6, 6.07) is 22.1. The highest BCUT2D eigenvalue weighted by Crippen LogP contribution is 2.40. The zero-order chi connectivity index (χ0) is 26.4. The van der Waals surface area contributed by atoms with Gasteiger partial charge in [0.25, 0.3) is 6.17 Å². The van der Waals surface area contributed by atoms with E-state index in [1.165, 1.54) is 18.2 Å². The molecule has 3 rings (SSSR count). The first kappa shape index (κ1) is 26.8. The van der Waals surface area contributed by atoms with Gasteiger partial charge in [0.1, 0.15) is 5.75 Å². The summed E-state index contributed by atoms with van der Waals surface area (Å²) in [7, 11) is 0. The van der Waals surface area contributed by atoms with E-state index in [0.717, 1.165) is 17.7 Å². The summed E-state index contributed by atoms with van der Waals surface area (Å²) in [6.07, 6.45) is -12.4. The van der Waals surface area contributed by atoms with Crippen molar-refractivity contribution in [2.24, 2.45) is 0 Å². The Morgan fingerprint density at radius 1 is 0.833 bits per heavy atom. The van der Waals surface area contributed by atoms with Gasteiger partial charge in [0.15, 0.2) is 5.60 Å². The fourth-order valence-electron chi connectivity index (χ4n) is 3.60. The first-order valence-corrected chi connectivity index (χ1v) is 10.9. The quantitative estimate of drug-likeness (QED) is 0.171. The standard InChI is InChI=1S/C27H22F6O3/c1-2-25(20-11-7-4-8-12-20,36-23(34)18-13-19-9-5-3-6-10-19)21-14-16-22(17-15-21)35-27(32,33)24(28)26(29,30)31/h3-18,24H,2H2,1H3/b18-13+. The van der Waals surface area contributed by atoms with E-state index in [2.05, 4.69) is 4.74 Å². The number of carbonyl (C=O) groups is 1. The van der Waals surface area contributed by atoms with Crippen LogP contribution in [-0.4, -0.2) is 24.4 Å². The van der Waals surface area contributed by atoms with Gasteiger partial charge in [-0.15, -0.1) is 0 Å². The molecule has 0 fully saturated rings. The minimum Gasteiger partial charge on any atom is -0.446 e. The molecule has 190 valence electrons. The maximum absolute atomic E-state index is 13.7. The van der Waals surface area contributed by atoms with Gasteiger partial charge in [0.05, 0.1) is 0 Å². The van der Waals surface area contributed by atoms with E-state index in [1.807, 2.05) is 6.07 Å². The molecule has 3 aromatic rings. The molecule has 0 aromatic heterocycles. The molecule has 0 spiro atoms. The van der Waals surface area contributed by atoms with Gasteiger partial charge < -0.3 is 9.47 Å². The molecule has 9 heteroatoms. The number of alkyl halides is 6. The molecule has 0 amide bonds. The monoisotopic (exact) mass is 508 g/mol. The van der Waals surface area contributed by atoms with Crippen molar-refractivity contribution in [3.8, 4) is 5.75 Å². The Bertz CT molecular complexity index is 1160. The lowest BCUT2D eigenvalue weighted by molar-refractivity contribution is -0.304. The first-order chi connectivity index (χ1) is 17.0. The van der Waals surface area contributed by atoms with Gasteiger partial charge in [-0.3, -0.25) is 0 Å². The number of esters is 1. The van der Waals surface area contributed by atoms with Crippen molar-refractivity contribution >= 4 is 12.0 Å². The molecule has 0 saturated heterocycles. The molecule has 36 heavy (non-hydrogen) atoms. The average molecular weight is 508 g/mol. The molecule has 2 unspecified atom stereocenters. The lowest BCUT2D eigenvalue weighted by Gasteiger charge is -2.33. The fraction of sp³-hybridized carbons (Fsp3) is 0.222. The van der Waals surface area contributed by atoms with E-state index in [9.17, 15) is 31.1 Å². The predicted molar refractivity (Wildman–Crippen MR) is 122 cm³/mol. The maximum atomic E-state index is 13.7. The van der Waals surface area contributed by atoms with Crippen LogP contribution in [0.25, 0.3) is 6.08 Å². The number of carbonyl (C=O) groups excluding carboxylic acids is 1. The minimum atomic E-state index is -5.80. The molecule has 0 saturated carbocycles. The highest BCUT2D eigenvalue weighted by molar-refractivity contribution is 5.87. The van der Waals surface area contributed by atoms with Gasteiger partial charge in [-0.1, -0.05) is 79.7 Å². The van der Waals surface area contributed by atoms with Gasteiger partial charge >= 0.3 is 18.3 Å². The molecule has 0 aliphatic carbocycles. The normalized spacial score (nSPS) is 14.8. The van der Waals surface area contributed by atoms with Gasteiger partial charge in [0.2, 0.25) is 0 Å². The Labute approximate surface area is 204 Å². The average Bonchev–Trinajstić information content (AvgIpc) is 2.86. The first-order valence-electron chi connectivity index (χ1n) is 10.9.